The highest BCUT2D eigenvalue weighted by molar-refractivity contribution is 5.48. The average molecular weight is 312 g/mol. The van der Waals surface area contributed by atoms with Crippen molar-refractivity contribution in [2.45, 2.75) is 32.9 Å². The van der Waals surface area contributed by atoms with Crippen molar-refractivity contribution >= 4 is 5.95 Å². The van der Waals surface area contributed by atoms with Gasteiger partial charge in [0.1, 0.15) is 0 Å². The fraction of sp³-hybridized carbons (Fsp3) is 0.467. The highest BCUT2D eigenvalue weighted by Crippen LogP contribution is 2.30. The van der Waals surface area contributed by atoms with Crippen molar-refractivity contribution in [1.82, 2.24) is 14.8 Å². The van der Waals surface area contributed by atoms with Gasteiger partial charge in [-0.2, -0.15) is 22.8 Å². The second-order valence-electron chi connectivity index (χ2n) is 5.74. The summed E-state index contributed by atoms with van der Waals surface area (Å²) in [6.07, 6.45) is -4.57. The van der Waals surface area contributed by atoms with Gasteiger partial charge in [0.2, 0.25) is 5.95 Å². The summed E-state index contributed by atoms with van der Waals surface area (Å²) in [5.74, 6) is -0.640. The Bertz CT molecular complexity index is 672. The third kappa shape index (κ3) is 3.08. The zero-order valence-electron chi connectivity index (χ0n) is 13.2. The highest BCUT2D eigenvalue weighted by atomic mass is 19.4. The second-order valence-corrected chi connectivity index (χ2v) is 5.74. The van der Waals surface area contributed by atoms with Gasteiger partial charge in [-0.1, -0.05) is 26.0 Å². The molecule has 0 aliphatic carbocycles. The Kier molecular flexibility index (Phi) is 4.17. The Morgan fingerprint density at radius 1 is 1.18 bits per heavy atom. The normalized spacial score (nSPS) is 12.0. The second kappa shape index (κ2) is 5.62. The van der Waals surface area contributed by atoms with E-state index in [-0.39, 0.29) is 5.95 Å². The van der Waals surface area contributed by atoms with Crippen molar-refractivity contribution in [2.75, 3.05) is 19.0 Å². The van der Waals surface area contributed by atoms with Crippen LogP contribution in [0.2, 0.25) is 0 Å². The molecule has 0 fully saturated rings. The van der Waals surface area contributed by atoms with Crippen LogP contribution in [0, 0.1) is 6.92 Å². The van der Waals surface area contributed by atoms with Crippen molar-refractivity contribution < 1.29 is 13.2 Å². The summed E-state index contributed by atoms with van der Waals surface area (Å²) < 4.78 is 39.9. The summed E-state index contributed by atoms with van der Waals surface area (Å²) in [5, 5.41) is 3.65. The van der Waals surface area contributed by atoms with Crippen LogP contribution < -0.4 is 4.90 Å². The molecule has 0 aliphatic heterocycles. The first kappa shape index (κ1) is 16.3. The molecule has 1 aromatic heterocycles. The van der Waals surface area contributed by atoms with Gasteiger partial charge in [-0.15, -0.1) is 5.10 Å². The molecule has 22 heavy (non-hydrogen) atoms. The number of rotatable bonds is 3. The maximum absolute atomic E-state index is 12.9. The molecule has 1 heterocycles. The van der Waals surface area contributed by atoms with Crippen LogP contribution in [0.1, 0.15) is 36.7 Å². The van der Waals surface area contributed by atoms with Gasteiger partial charge in [0.15, 0.2) is 0 Å². The Morgan fingerprint density at radius 3 is 2.27 bits per heavy atom. The monoisotopic (exact) mass is 312 g/mol. The summed E-state index contributed by atoms with van der Waals surface area (Å²) >= 11 is 0. The van der Waals surface area contributed by atoms with Gasteiger partial charge >= 0.3 is 6.18 Å². The van der Waals surface area contributed by atoms with E-state index < -0.39 is 12.0 Å². The average Bonchev–Trinajstić information content (AvgIpc) is 2.83. The number of hydrogen-bond donors (Lipinski definition) is 0. The minimum absolute atomic E-state index is 0.146. The van der Waals surface area contributed by atoms with E-state index in [4.69, 9.17) is 0 Å². The number of halogens is 3. The first-order chi connectivity index (χ1) is 10.1. The van der Waals surface area contributed by atoms with Crippen LogP contribution >= 0.6 is 0 Å². The third-order valence-electron chi connectivity index (χ3n) is 3.36. The predicted octanol–water partition coefficient (Wildman–Crippen LogP) is 3.78. The number of benzene rings is 1. The van der Waals surface area contributed by atoms with E-state index in [9.17, 15) is 13.2 Å². The zero-order chi connectivity index (χ0) is 16.7. The molecule has 2 rings (SSSR count). The van der Waals surface area contributed by atoms with E-state index in [1.54, 1.807) is 20.2 Å². The minimum atomic E-state index is -4.57. The molecular formula is C15H19F3N4. The van der Waals surface area contributed by atoms with Gasteiger partial charge in [-0.25, -0.2) is 0 Å². The van der Waals surface area contributed by atoms with Gasteiger partial charge in [0.05, 0.1) is 5.69 Å². The first-order valence-electron chi connectivity index (χ1n) is 6.93. The molecular weight excluding hydrogens is 293 g/mol. The zero-order valence-corrected chi connectivity index (χ0v) is 13.2. The maximum atomic E-state index is 12.9. The first-order valence-corrected chi connectivity index (χ1v) is 6.93. The molecule has 0 aliphatic rings. The Hall–Kier alpha value is -2.05. The number of hydrogen-bond acceptors (Lipinski definition) is 3. The Labute approximate surface area is 127 Å². The van der Waals surface area contributed by atoms with Crippen LogP contribution in [0.4, 0.5) is 19.1 Å². The number of alkyl halides is 3. The van der Waals surface area contributed by atoms with Crippen molar-refractivity contribution in [2.24, 2.45) is 0 Å². The highest BCUT2D eigenvalue weighted by Gasteiger charge is 2.37. The van der Waals surface area contributed by atoms with E-state index in [1.165, 1.54) is 9.58 Å². The quantitative estimate of drug-likeness (QED) is 0.865. The summed E-state index contributed by atoms with van der Waals surface area (Å²) in [6, 6.07) is 5.66. The van der Waals surface area contributed by atoms with E-state index >= 15 is 0 Å². The van der Waals surface area contributed by atoms with Crippen molar-refractivity contribution in [1.29, 1.82) is 0 Å². The Balaban J connectivity index is 2.59. The molecule has 0 radical (unpaired) electrons. The third-order valence-corrected chi connectivity index (χ3v) is 3.36. The van der Waals surface area contributed by atoms with Crippen molar-refractivity contribution in [3.8, 4) is 5.69 Å². The molecule has 0 atom stereocenters. The molecule has 0 N–H and O–H groups in total. The van der Waals surface area contributed by atoms with Gasteiger partial charge in [0, 0.05) is 14.1 Å². The lowest BCUT2D eigenvalue weighted by Crippen LogP contribution is -2.15. The van der Waals surface area contributed by atoms with Crippen LogP contribution in [-0.2, 0) is 6.18 Å². The molecule has 0 bridgehead atoms. The summed E-state index contributed by atoms with van der Waals surface area (Å²) in [7, 11) is 3.27. The molecule has 0 saturated carbocycles. The molecule has 1 aromatic carbocycles. The minimum Gasteiger partial charge on any atom is -0.347 e. The van der Waals surface area contributed by atoms with E-state index in [0.29, 0.717) is 11.6 Å². The summed E-state index contributed by atoms with van der Waals surface area (Å²) in [5.41, 5.74) is 2.58. The Morgan fingerprint density at radius 2 is 1.82 bits per heavy atom. The topological polar surface area (TPSA) is 34.0 Å². The SMILES string of the molecule is Cc1cc(C(C)C)ccc1-n1nc(C(F)(F)F)nc1N(C)C. The molecule has 0 amide bonds. The van der Waals surface area contributed by atoms with Crippen LogP contribution in [-0.4, -0.2) is 28.9 Å². The fourth-order valence-corrected chi connectivity index (χ4v) is 2.15. The van der Waals surface area contributed by atoms with Gasteiger partial charge in [-0.05, 0) is 30.0 Å². The molecule has 7 heteroatoms. The number of nitrogens with zero attached hydrogens (tertiary/aromatic N) is 4. The fourth-order valence-electron chi connectivity index (χ4n) is 2.15. The maximum Gasteiger partial charge on any atom is 0.453 e. The summed E-state index contributed by atoms with van der Waals surface area (Å²) in [6.45, 7) is 5.99. The van der Waals surface area contributed by atoms with Crippen LogP contribution in [0.3, 0.4) is 0 Å². The van der Waals surface area contributed by atoms with E-state index in [0.717, 1.165) is 11.1 Å². The molecule has 2 aromatic rings. The van der Waals surface area contributed by atoms with Gasteiger partial charge < -0.3 is 4.90 Å². The number of aryl methyl sites for hydroxylation is 1. The van der Waals surface area contributed by atoms with E-state index in [2.05, 4.69) is 23.9 Å². The molecule has 0 saturated heterocycles. The molecule has 120 valence electrons. The predicted molar refractivity (Wildman–Crippen MR) is 79.5 cm³/mol. The van der Waals surface area contributed by atoms with E-state index in [1.807, 2.05) is 19.1 Å². The van der Waals surface area contributed by atoms with Gasteiger partial charge in [-0.3, -0.25) is 0 Å². The lowest BCUT2D eigenvalue weighted by atomic mass is 10.0. The number of aromatic nitrogens is 3. The molecule has 0 unspecified atom stereocenters. The molecule has 0 spiro atoms. The smallest absolute Gasteiger partial charge is 0.347 e. The lowest BCUT2D eigenvalue weighted by Gasteiger charge is -2.15. The largest absolute Gasteiger partial charge is 0.453 e. The van der Waals surface area contributed by atoms with Crippen molar-refractivity contribution in [3.05, 3.63) is 35.2 Å². The van der Waals surface area contributed by atoms with Crippen LogP contribution in [0.5, 0.6) is 0 Å². The standard InChI is InChI=1S/C15H19F3N4/c1-9(2)11-6-7-12(10(3)8-11)22-14(21(4)5)19-13(20-22)15(16,17)18/h6-9H,1-5H3. The van der Waals surface area contributed by atoms with Crippen molar-refractivity contribution in [3.63, 3.8) is 0 Å². The number of anilines is 1. The lowest BCUT2D eigenvalue weighted by molar-refractivity contribution is -0.144. The van der Waals surface area contributed by atoms with Crippen LogP contribution in [0.15, 0.2) is 18.2 Å². The van der Waals surface area contributed by atoms with Crippen LogP contribution in [0.25, 0.3) is 5.69 Å². The summed E-state index contributed by atoms with van der Waals surface area (Å²) in [4.78, 5) is 5.12. The van der Waals surface area contributed by atoms with Gasteiger partial charge in [0.25, 0.3) is 5.82 Å². The molecule has 4 nitrogen and oxygen atoms in total.